The van der Waals surface area contributed by atoms with Crippen LogP contribution in [0.25, 0.3) is 11.3 Å². The molecule has 1 aromatic carbocycles. The third-order valence-electron chi connectivity index (χ3n) is 4.02. The van der Waals surface area contributed by atoms with Gasteiger partial charge < -0.3 is 4.90 Å². The average Bonchev–Trinajstić information content (AvgIpc) is 2.97. The quantitative estimate of drug-likeness (QED) is 0.934. The molecule has 0 saturated carbocycles. The molecule has 0 atom stereocenters. The molecular formula is C15H19N3O2S2. The summed E-state index contributed by atoms with van der Waals surface area (Å²) in [6, 6.07) is 6.53. The standard InChI is InChI=1S/C15H19N3O2S2/c1-11-6-8-18(9-7-11)15-17-14(10-21-15)12-2-4-13(5-3-12)22(16,19)20/h2-5,10-11H,6-9H2,1H3,(H2,16,19,20). The van der Waals surface area contributed by atoms with Crippen LogP contribution in [0.2, 0.25) is 0 Å². The third-order valence-corrected chi connectivity index (χ3v) is 5.86. The van der Waals surface area contributed by atoms with Gasteiger partial charge in [-0.1, -0.05) is 19.1 Å². The van der Waals surface area contributed by atoms with Crippen molar-refractivity contribution in [1.82, 2.24) is 4.98 Å². The van der Waals surface area contributed by atoms with E-state index in [1.807, 2.05) is 5.38 Å². The molecule has 2 heterocycles. The van der Waals surface area contributed by atoms with E-state index in [1.165, 1.54) is 25.0 Å². The molecular weight excluding hydrogens is 318 g/mol. The van der Waals surface area contributed by atoms with Crippen molar-refractivity contribution in [2.45, 2.75) is 24.7 Å². The molecule has 0 amide bonds. The highest BCUT2D eigenvalue weighted by atomic mass is 32.2. The lowest BCUT2D eigenvalue weighted by Gasteiger charge is -2.29. The smallest absolute Gasteiger partial charge is 0.238 e. The van der Waals surface area contributed by atoms with E-state index < -0.39 is 10.0 Å². The van der Waals surface area contributed by atoms with E-state index in [-0.39, 0.29) is 4.90 Å². The molecule has 0 unspecified atom stereocenters. The molecule has 1 aliphatic heterocycles. The molecule has 2 N–H and O–H groups in total. The van der Waals surface area contributed by atoms with Crippen molar-refractivity contribution in [2.75, 3.05) is 18.0 Å². The Kier molecular flexibility index (Phi) is 4.20. The molecule has 118 valence electrons. The first-order valence-electron chi connectivity index (χ1n) is 7.27. The molecule has 0 bridgehead atoms. The van der Waals surface area contributed by atoms with Crippen LogP contribution < -0.4 is 10.0 Å². The van der Waals surface area contributed by atoms with Gasteiger partial charge in [-0.05, 0) is 30.9 Å². The first kappa shape index (κ1) is 15.5. The second-order valence-corrected chi connectivity index (χ2v) is 8.15. The minimum absolute atomic E-state index is 0.122. The number of nitrogens with two attached hydrogens (primary N) is 1. The van der Waals surface area contributed by atoms with E-state index in [0.717, 1.165) is 35.4 Å². The molecule has 22 heavy (non-hydrogen) atoms. The molecule has 3 rings (SSSR count). The Labute approximate surface area is 134 Å². The highest BCUT2D eigenvalue weighted by Gasteiger charge is 2.18. The van der Waals surface area contributed by atoms with Crippen molar-refractivity contribution in [3.63, 3.8) is 0 Å². The van der Waals surface area contributed by atoms with Gasteiger partial charge in [0.2, 0.25) is 10.0 Å². The summed E-state index contributed by atoms with van der Waals surface area (Å²) in [6.45, 7) is 4.40. The maximum absolute atomic E-state index is 11.3. The fourth-order valence-corrected chi connectivity index (χ4v) is 3.96. The van der Waals surface area contributed by atoms with Crippen molar-refractivity contribution < 1.29 is 8.42 Å². The second kappa shape index (κ2) is 5.98. The fourth-order valence-electron chi connectivity index (χ4n) is 2.56. The molecule has 0 aliphatic carbocycles. The van der Waals surface area contributed by atoms with Crippen LogP contribution in [0.3, 0.4) is 0 Å². The predicted octanol–water partition coefficient (Wildman–Crippen LogP) is 2.69. The third kappa shape index (κ3) is 3.31. The van der Waals surface area contributed by atoms with E-state index in [0.29, 0.717) is 0 Å². The minimum atomic E-state index is -3.64. The number of primary sulfonamides is 1. The van der Waals surface area contributed by atoms with Crippen molar-refractivity contribution >= 4 is 26.5 Å². The lowest BCUT2D eigenvalue weighted by Crippen LogP contribution is -2.32. The summed E-state index contributed by atoms with van der Waals surface area (Å²) in [6.07, 6.45) is 2.41. The number of piperidine rings is 1. The number of rotatable bonds is 3. The van der Waals surface area contributed by atoms with Crippen molar-refractivity contribution in [3.05, 3.63) is 29.6 Å². The number of thiazole rings is 1. The van der Waals surface area contributed by atoms with Gasteiger partial charge in [-0.15, -0.1) is 11.3 Å². The fraction of sp³-hybridized carbons (Fsp3) is 0.400. The Hall–Kier alpha value is -1.44. The Morgan fingerprint density at radius 3 is 2.45 bits per heavy atom. The Morgan fingerprint density at radius 1 is 1.23 bits per heavy atom. The molecule has 1 saturated heterocycles. The summed E-state index contributed by atoms with van der Waals surface area (Å²) in [5.74, 6) is 0.793. The number of benzene rings is 1. The van der Waals surface area contributed by atoms with Crippen LogP contribution in [-0.4, -0.2) is 26.5 Å². The number of aromatic nitrogens is 1. The maximum atomic E-state index is 11.3. The molecule has 7 heteroatoms. The van der Waals surface area contributed by atoms with E-state index in [9.17, 15) is 8.42 Å². The van der Waals surface area contributed by atoms with Crippen LogP contribution in [0, 0.1) is 5.92 Å². The molecule has 2 aromatic rings. The number of hydrogen-bond acceptors (Lipinski definition) is 5. The van der Waals surface area contributed by atoms with E-state index >= 15 is 0 Å². The van der Waals surface area contributed by atoms with Crippen molar-refractivity contribution in [1.29, 1.82) is 0 Å². The zero-order valence-electron chi connectivity index (χ0n) is 12.4. The van der Waals surface area contributed by atoms with Crippen LogP contribution in [0.4, 0.5) is 5.13 Å². The molecule has 1 fully saturated rings. The number of sulfonamides is 1. The largest absolute Gasteiger partial charge is 0.348 e. The number of nitrogens with zero attached hydrogens (tertiary/aromatic N) is 2. The zero-order chi connectivity index (χ0) is 15.7. The summed E-state index contributed by atoms with van der Waals surface area (Å²) in [5, 5.41) is 8.16. The van der Waals surface area contributed by atoms with Crippen LogP contribution in [0.15, 0.2) is 34.5 Å². The van der Waals surface area contributed by atoms with E-state index in [1.54, 1.807) is 23.5 Å². The summed E-state index contributed by atoms with van der Waals surface area (Å²) in [5.41, 5.74) is 1.78. The van der Waals surface area contributed by atoms with Gasteiger partial charge in [0.1, 0.15) is 0 Å². The van der Waals surface area contributed by atoms with Gasteiger partial charge in [-0.3, -0.25) is 0 Å². The predicted molar refractivity (Wildman–Crippen MR) is 89.5 cm³/mol. The lowest BCUT2D eigenvalue weighted by molar-refractivity contribution is 0.438. The first-order chi connectivity index (χ1) is 10.4. The topological polar surface area (TPSA) is 76.3 Å². The maximum Gasteiger partial charge on any atom is 0.238 e. The highest BCUT2D eigenvalue weighted by Crippen LogP contribution is 2.30. The van der Waals surface area contributed by atoms with Crippen molar-refractivity contribution in [2.24, 2.45) is 11.1 Å². The summed E-state index contributed by atoms with van der Waals surface area (Å²) in [7, 11) is -3.64. The van der Waals surface area contributed by atoms with Gasteiger partial charge in [-0.25, -0.2) is 18.5 Å². The SMILES string of the molecule is CC1CCN(c2nc(-c3ccc(S(N)(=O)=O)cc3)cs2)CC1. The first-order valence-corrected chi connectivity index (χ1v) is 9.70. The van der Waals surface area contributed by atoms with Crippen LogP contribution in [0.5, 0.6) is 0 Å². The highest BCUT2D eigenvalue weighted by molar-refractivity contribution is 7.89. The number of hydrogen-bond donors (Lipinski definition) is 1. The molecule has 1 aliphatic rings. The van der Waals surface area contributed by atoms with E-state index in [2.05, 4.69) is 16.8 Å². The van der Waals surface area contributed by atoms with Gasteiger partial charge in [0.25, 0.3) is 0 Å². The summed E-state index contributed by atoms with van der Waals surface area (Å²) in [4.78, 5) is 7.13. The van der Waals surface area contributed by atoms with Gasteiger partial charge in [0, 0.05) is 24.0 Å². The van der Waals surface area contributed by atoms with E-state index in [4.69, 9.17) is 5.14 Å². The second-order valence-electron chi connectivity index (χ2n) is 5.75. The number of anilines is 1. The Morgan fingerprint density at radius 2 is 1.86 bits per heavy atom. The monoisotopic (exact) mass is 337 g/mol. The minimum Gasteiger partial charge on any atom is -0.348 e. The van der Waals surface area contributed by atoms with Gasteiger partial charge in [-0.2, -0.15) is 0 Å². The summed E-state index contributed by atoms with van der Waals surface area (Å²) >= 11 is 1.63. The lowest BCUT2D eigenvalue weighted by atomic mass is 10.00. The van der Waals surface area contributed by atoms with Gasteiger partial charge >= 0.3 is 0 Å². The van der Waals surface area contributed by atoms with Gasteiger partial charge in [0.05, 0.1) is 10.6 Å². The summed E-state index contributed by atoms with van der Waals surface area (Å²) < 4.78 is 22.6. The van der Waals surface area contributed by atoms with Crippen LogP contribution >= 0.6 is 11.3 Å². The van der Waals surface area contributed by atoms with Crippen molar-refractivity contribution in [3.8, 4) is 11.3 Å². The molecule has 5 nitrogen and oxygen atoms in total. The average molecular weight is 337 g/mol. The normalized spacial score (nSPS) is 16.9. The zero-order valence-corrected chi connectivity index (χ0v) is 14.0. The van der Waals surface area contributed by atoms with Gasteiger partial charge in [0.15, 0.2) is 5.13 Å². The van der Waals surface area contributed by atoms with Crippen LogP contribution in [-0.2, 0) is 10.0 Å². The molecule has 0 spiro atoms. The Balaban J connectivity index is 1.79. The molecule has 1 aromatic heterocycles. The Bertz CT molecular complexity index is 745. The molecule has 0 radical (unpaired) electrons. The van der Waals surface area contributed by atoms with Crippen LogP contribution in [0.1, 0.15) is 19.8 Å².